The van der Waals surface area contributed by atoms with E-state index in [4.69, 9.17) is 9.47 Å². The van der Waals surface area contributed by atoms with Gasteiger partial charge in [-0.05, 0) is 31.4 Å². The molecule has 1 aliphatic carbocycles. The fraction of sp³-hybridized carbons (Fsp3) is 0.632. The van der Waals surface area contributed by atoms with Gasteiger partial charge in [0.2, 0.25) is 0 Å². The molecule has 2 aliphatic rings. The molecule has 1 saturated carbocycles. The van der Waals surface area contributed by atoms with Crippen LogP contribution in [0.1, 0.15) is 43.7 Å². The summed E-state index contributed by atoms with van der Waals surface area (Å²) in [6.07, 6.45) is 4.01. The normalized spacial score (nSPS) is 23.9. The largest absolute Gasteiger partial charge is 0.467 e. The molecule has 1 heterocycles. The standard InChI is InChI=1S/C19H28FN3O3S/c1-3-27(24)17-6-4-5-16(9-17)23-19(21-2)22-10-13-7-15(20)8-14-11-25-12-26-18(13)14/h7-8,16-17H,3-6,9-12H2,1-2H3,(H2,21,22,23). The van der Waals surface area contributed by atoms with Crippen LogP contribution < -0.4 is 15.4 Å². The molecule has 8 heteroatoms. The first-order valence-corrected chi connectivity index (χ1v) is 10.8. The van der Waals surface area contributed by atoms with Crippen LogP contribution in [0.2, 0.25) is 0 Å². The summed E-state index contributed by atoms with van der Waals surface area (Å²) in [7, 11) is 0.955. The van der Waals surface area contributed by atoms with E-state index in [0.29, 0.717) is 30.6 Å². The number of fused-ring (bicyclic) bond motifs is 1. The lowest BCUT2D eigenvalue weighted by Gasteiger charge is -2.30. The fourth-order valence-electron chi connectivity index (χ4n) is 3.71. The molecular formula is C19H28FN3O3S. The fourth-order valence-corrected chi connectivity index (χ4v) is 5.05. The third-order valence-electron chi connectivity index (χ3n) is 5.04. The highest BCUT2D eigenvalue weighted by Gasteiger charge is 2.26. The van der Waals surface area contributed by atoms with Crippen molar-refractivity contribution in [2.24, 2.45) is 4.99 Å². The van der Waals surface area contributed by atoms with Gasteiger partial charge in [-0.2, -0.15) is 0 Å². The van der Waals surface area contributed by atoms with Crippen molar-refractivity contribution in [3.05, 3.63) is 29.1 Å². The molecule has 1 fully saturated rings. The number of halogens is 1. The van der Waals surface area contributed by atoms with Crippen LogP contribution in [0.15, 0.2) is 17.1 Å². The smallest absolute Gasteiger partial charge is 0.191 e. The number of nitrogens with one attached hydrogen (secondary N) is 2. The van der Waals surface area contributed by atoms with Crippen LogP contribution in [-0.4, -0.2) is 41.1 Å². The second-order valence-corrected chi connectivity index (χ2v) is 8.89. The Morgan fingerprint density at radius 2 is 2.26 bits per heavy atom. The van der Waals surface area contributed by atoms with E-state index in [1.54, 1.807) is 7.05 Å². The lowest BCUT2D eigenvalue weighted by Crippen LogP contribution is -2.46. The van der Waals surface area contributed by atoms with Gasteiger partial charge in [0.05, 0.1) is 6.61 Å². The van der Waals surface area contributed by atoms with Gasteiger partial charge < -0.3 is 20.1 Å². The first-order valence-electron chi connectivity index (χ1n) is 9.47. The van der Waals surface area contributed by atoms with Crippen molar-refractivity contribution in [1.82, 2.24) is 10.6 Å². The Labute approximate surface area is 162 Å². The Kier molecular flexibility index (Phi) is 7.07. The summed E-state index contributed by atoms with van der Waals surface area (Å²) in [6, 6.07) is 3.17. The monoisotopic (exact) mass is 397 g/mol. The van der Waals surface area contributed by atoms with E-state index in [0.717, 1.165) is 36.8 Å². The highest BCUT2D eigenvalue weighted by molar-refractivity contribution is 7.85. The third kappa shape index (κ3) is 5.19. The SMILES string of the molecule is CCS(=O)C1CCCC(NC(=NC)NCc2cc(F)cc3c2OCOC3)C1. The molecule has 0 bridgehead atoms. The summed E-state index contributed by atoms with van der Waals surface area (Å²) >= 11 is 0. The molecule has 27 heavy (non-hydrogen) atoms. The molecule has 0 spiro atoms. The van der Waals surface area contributed by atoms with E-state index in [-0.39, 0.29) is 23.9 Å². The van der Waals surface area contributed by atoms with Gasteiger partial charge >= 0.3 is 0 Å². The first kappa shape index (κ1) is 20.1. The Bertz CT molecular complexity index is 714. The maximum absolute atomic E-state index is 13.9. The van der Waals surface area contributed by atoms with E-state index in [2.05, 4.69) is 15.6 Å². The number of aliphatic imine (C=N–C) groups is 1. The Morgan fingerprint density at radius 1 is 1.41 bits per heavy atom. The average Bonchev–Trinajstić information content (AvgIpc) is 2.70. The lowest BCUT2D eigenvalue weighted by molar-refractivity contribution is -0.0172. The van der Waals surface area contributed by atoms with Crippen LogP contribution in [-0.2, 0) is 28.7 Å². The second kappa shape index (κ2) is 9.50. The Hall–Kier alpha value is -1.67. The van der Waals surface area contributed by atoms with Crippen LogP contribution in [0.3, 0.4) is 0 Å². The zero-order valence-corrected chi connectivity index (χ0v) is 16.7. The Balaban J connectivity index is 1.60. The number of rotatable bonds is 5. The zero-order valence-electron chi connectivity index (χ0n) is 15.9. The summed E-state index contributed by atoms with van der Waals surface area (Å²) in [5.41, 5.74) is 1.46. The van der Waals surface area contributed by atoms with Gasteiger partial charge in [-0.3, -0.25) is 9.20 Å². The number of nitrogens with zero attached hydrogens (tertiary/aromatic N) is 1. The van der Waals surface area contributed by atoms with Gasteiger partial charge in [0.15, 0.2) is 12.8 Å². The van der Waals surface area contributed by atoms with E-state index in [9.17, 15) is 8.60 Å². The number of hydrogen-bond acceptors (Lipinski definition) is 4. The molecule has 0 saturated heterocycles. The quantitative estimate of drug-likeness (QED) is 0.590. The maximum atomic E-state index is 13.9. The number of ether oxygens (including phenoxy) is 2. The lowest BCUT2D eigenvalue weighted by atomic mass is 9.95. The van der Waals surface area contributed by atoms with Gasteiger partial charge in [0.1, 0.15) is 11.6 Å². The molecule has 3 atom stereocenters. The van der Waals surface area contributed by atoms with Crippen LogP contribution >= 0.6 is 0 Å². The highest BCUT2D eigenvalue weighted by atomic mass is 32.2. The summed E-state index contributed by atoms with van der Waals surface area (Å²) < 4.78 is 36.8. The molecule has 3 rings (SSSR count). The number of hydrogen-bond donors (Lipinski definition) is 2. The van der Waals surface area contributed by atoms with Crippen molar-refractivity contribution in [1.29, 1.82) is 0 Å². The minimum absolute atomic E-state index is 0.177. The van der Waals surface area contributed by atoms with Crippen LogP contribution in [0, 0.1) is 5.82 Å². The van der Waals surface area contributed by atoms with Crippen LogP contribution in [0.5, 0.6) is 5.75 Å². The van der Waals surface area contributed by atoms with Gasteiger partial charge in [-0.15, -0.1) is 0 Å². The predicted molar refractivity (Wildman–Crippen MR) is 105 cm³/mol. The van der Waals surface area contributed by atoms with Crippen molar-refractivity contribution in [3.63, 3.8) is 0 Å². The van der Waals surface area contributed by atoms with Crippen molar-refractivity contribution >= 4 is 16.8 Å². The number of benzene rings is 1. The average molecular weight is 398 g/mol. The Morgan fingerprint density at radius 3 is 3.04 bits per heavy atom. The third-order valence-corrected chi connectivity index (χ3v) is 6.79. The molecule has 0 radical (unpaired) electrons. The number of guanidine groups is 1. The molecular weight excluding hydrogens is 369 g/mol. The maximum Gasteiger partial charge on any atom is 0.191 e. The van der Waals surface area contributed by atoms with Crippen molar-refractivity contribution in [2.45, 2.75) is 57.1 Å². The van der Waals surface area contributed by atoms with Crippen molar-refractivity contribution < 1.29 is 18.1 Å². The summed E-state index contributed by atoms with van der Waals surface area (Å²) in [5.74, 6) is 1.74. The van der Waals surface area contributed by atoms with Gasteiger partial charge in [-0.25, -0.2) is 4.39 Å². The molecule has 1 aliphatic heterocycles. The summed E-state index contributed by atoms with van der Waals surface area (Å²) in [6.45, 7) is 2.90. The van der Waals surface area contributed by atoms with Crippen molar-refractivity contribution in [3.8, 4) is 5.75 Å². The minimum atomic E-state index is -0.759. The second-order valence-electron chi connectivity index (χ2n) is 6.89. The highest BCUT2D eigenvalue weighted by Crippen LogP contribution is 2.29. The zero-order chi connectivity index (χ0) is 19.2. The topological polar surface area (TPSA) is 72.0 Å². The molecule has 1 aromatic carbocycles. The summed E-state index contributed by atoms with van der Waals surface area (Å²) in [4.78, 5) is 4.28. The first-order chi connectivity index (χ1) is 13.1. The molecule has 3 unspecified atom stereocenters. The van der Waals surface area contributed by atoms with E-state index >= 15 is 0 Å². The van der Waals surface area contributed by atoms with Gasteiger partial charge in [0.25, 0.3) is 0 Å². The van der Waals surface area contributed by atoms with E-state index < -0.39 is 10.8 Å². The van der Waals surface area contributed by atoms with E-state index in [1.807, 2.05) is 6.92 Å². The van der Waals surface area contributed by atoms with E-state index in [1.165, 1.54) is 12.1 Å². The van der Waals surface area contributed by atoms with Crippen LogP contribution in [0.4, 0.5) is 4.39 Å². The summed E-state index contributed by atoms with van der Waals surface area (Å²) in [5, 5.41) is 6.92. The van der Waals surface area contributed by atoms with Gasteiger partial charge in [0, 0.05) is 52.6 Å². The molecule has 1 aromatic rings. The molecule has 6 nitrogen and oxygen atoms in total. The molecule has 0 aromatic heterocycles. The van der Waals surface area contributed by atoms with Crippen LogP contribution in [0.25, 0.3) is 0 Å². The molecule has 150 valence electrons. The van der Waals surface area contributed by atoms with Gasteiger partial charge in [-0.1, -0.05) is 13.3 Å². The minimum Gasteiger partial charge on any atom is -0.467 e. The molecule has 2 N–H and O–H groups in total. The molecule has 0 amide bonds. The predicted octanol–water partition coefficient (Wildman–Crippen LogP) is 2.44. The van der Waals surface area contributed by atoms with Crippen molar-refractivity contribution in [2.75, 3.05) is 19.6 Å².